The number of aromatic nitrogens is 2. The van der Waals surface area contributed by atoms with Crippen molar-refractivity contribution >= 4 is 5.95 Å². The summed E-state index contributed by atoms with van der Waals surface area (Å²) in [6, 6.07) is 0. The van der Waals surface area contributed by atoms with Crippen LogP contribution in [0.15, 0.2) is 4.52 Å². The first-order valence-corrected chi connectivity index (χ1v) is 5.65. The molecular weight excluding hydrogens is 208 g/mol. The number of hydrogen-bond acceptors (Lipinski definition) is 6. The zero-order valence-electron chi connectivity index (χ0n) is 9.77. The van der Waals surface area contributed by atoms with Crippen LogP contribution < -0.4 is 10.2 Å². The van der Waals surface area contributed by atoms with Gasteiger partial charge in [-0.3, -0.25) is 0 Å². The molecular formula is C10H18N4O2. The third-order valence-corrected chi connectivity index (χ3v) is 2.68. The molecule has 0 saturated carbocycles. The molecule has 1 aromatic rings. The fourth-order valence-corrected chi connectivity index (χ4v) is 1.57. The van der Waals surface area contributed by atoms with E-state index in [0.29, 0.717) is 18.3 Å². The zero-order valence-corrected chi connectivity index (χ0v) is 9.77. The molecule has 16 heavy (non-hydrogen) atoms. The molecule has 0 amide bonds. The van der Waals surface area contributed by atoms with E-state index in [9.17, 15) is 0 Å². The summed E-state index contributed by atoms with van der Waals surface area (Å²) in [5, 5.41) is 7.19. The second-order valence-corrected chi connectivity index (χ2v) is 3.90. The largest absolute Gasteiger partial charge is 0.375 e. The number of rotatable bonds is 4. The summed E-state index contributed by atoms with van der Waals surface area (Å²) in [5.74, 6) is 1.28. The molecule has 0 aromatic carbocycles. The lowest BCUT2D eigenvalue weighted by Gasteiger charge is -2.21. The van der Waals surface area contributed by atoms with Crippen molar-refractivity contribution in [2.75, 3.05) is 38.2 Å². The number of nitrogens with one attached hydrogen (secondary N) is 1. The minimum Gasteiger partial charge on any atom is -0.375 e. The molecule has 1 atom stereocenters. The number of ether oxygens (including phenoxy) is 1. The van der Waals surface area contributed by atoms with Crippen LogP contribution in [0.2, 0.25) is 0 Å². The van der Waals surface area contributed by atoms with Gasteiger partial charge in [0.2, 0.25) is 5.89 Å². The quantitative estimate of drug-likeness (QED) is 0.783. The van der Waals surface area contributed by atoms with E-state index < -0.39 is 0 Å². The van der Waals surface area contributed by atoms with E-state index in [-0.39, 0.29) is 6.10 Å². The third kappa shape index (κ3) is 2.70. The molecule has 6 nitrogen and oxygen atoms in total. The molecule has 1 N–H and O–H groups in total. The first-order chi connectivity index (χ1) is 7.79. The van der Waals surface area contributed by atoms with Crippen molar-refractivity contribution in [3.8, 4) is 0 Å². The molecule has 1 aliphatic heterocycles. The number of nitrogens with zero attached hydrogens (tertiary/aromatic N) is 3. The van der Waals surface area contributed by atoms with Gasteiger partial charge in [0.25, 0.3) is 5.95 Å². The molecule has 0 bridgehead atoms. The number of hydrogen-bond donors (Lipinski definition) is 1. The lowest BCUT2D eigenvalue weighted by molar-refractivity contribution is 0.0246. The van der Waals surface area contributed by atoms with Crippen LogP contribution in [0, 0.1) is 0 Å². The molecule has 6 heteroatoms. The maximum absolute atomic E-state index is 5.57. The normalized spacial score (nSPS) is 21.0. The van der Waals surface area contributed by atoms with E-state index in [1.165, 1.54) is 0 Å². The van der Waals surface area contributed by atoms with Crippen molar-refractivity contribution in [1.29, 1.82) is 0 Å². The molecule has 1 fully saturated rings. The minimum absolute atomic E-state index is 0.147. The Morgan fingerprint density at radius 1 is 1.56 bits per heavy atom. The summed E-state index contributed by atoms with van der Waals surface area (Å²) < 4.78 is 10.8. The van der Waals surface area contributed by atoms with Gasteiger partial charge in [0.1, 0.15) is 0 Å². The maximum atomic E-state index is 5.57. The maximum Gasteiger partial charge on any atom is 0.265 e. The van der Waals surface area contributed by atoms with Gasteiger partial charge >= 0.3 is 0 Å². The zero-order chi connectivity index (χ0) is 11.4. The van der Waals surface area contributed by atoms with Gasteiger partial charge in [-0.15, -0.1) is 0 Å². The fraction of sp³-hybridized carbons (Fsp3) is 0.800. The van der Waals surface area contributed by atoms with Gasteiger partial charge in [-0.1, -0.05) is 0 Å². The van der Waals surface area contributed by atoms with Crippen LogP contribution in [0.4, 0.5) is 5.95 Å². The summed E-state index contributed by atoms with van der Waals surface area (Å²) in [6.07, 6.45) is 0.825. The van der Waals surface area contributed by atoms with Crippen LogP contribution in [0.3, 0.4) is 0 Å². The Bertz CT molecular complexity index is 322. The average molecular weight is 226 g/mol. The standard InChI is InChI=1S/C10H18N4O2/c1-3-14(2)10-12-9(16-13-10)6-8-7-11-4-5-15-8/h8,11H,3-7H2,1-2H3. The van der Waals surface area contributed by atoms with Crippen molar-refractivity contribution in [2.45, 2.75) is 19.4 Å². The SMILES string of the molecule is CCN(C)c1noc(CC2CNCCO2)n1. The van der Waals surface area contributed by atoms with Crippen molar-refractivity contribution in [2.24, 2.45) is 0 Å². The van der Waals surface area contributed by atoms with Crippen LogP contribution >= 0.6 is 0 Å². The van der Waals surface area contributed by atoms with Gasteiger partial charge in [0.15, 0.2) is 0 Å². The predicted octanol–water partition coefficient (Wildman–Crippen LogP) is 0.0566. The monoisotopic (exact) mass is 226 g/mol. The highest BCUT2D eigenvalue weighted by Crippen LogP contribution is 2.10. The van der Waals surface area contributed by atoms with Crippen LogP contribution in [0.25, 0.3) is 0 Å². The lowest BCUT2D eigenvalue weighted by atomic mass is 10.2. The summed E-state index contributed by atoms with van der Waals surface area (Å²) in [7, 11) is 1.94. The Kier molecular flexibility index (Phi) is 3.74. The van der Waals surface area contributed by atoms with Gasteiger partial charge in [-0.25, -0.2) is 0 Å². The Hall–Kier alpha value is -1.14. The molecule has 90 valence electrons. The van der Waals surface area contributed by atoms with Gasteiger partial charge in [0.05, 0.1) is 19.1 Å². The number of anilines is 1. The van der Waals surface area contributed by atoms with Crippen molar-refractivity contribution in [3.63, 3.8) is 0 Å². The van der Waals surface area contributed by atoms with Crippen LogP contribution in [0.5, 0.6) is 0 Å². The lowest BCUT2D eigenvalue weighted by Crippen LogP contribution is -2.39. The highest BCUT2D eigenvalue weighted by Gasteiger charge is 2.18. The van der Waals surface area contributed by atoms with E-state index >= 15 is 0 Å². The average Bonchev–Trinajstić information content (AvgIpc) is 2.78. The molecule has 0 spiro atoms. The van der Waals surface area contributed by atoms with E-state index in [1.54, 1.807) is 0 Å². The fourth-order valence-electron chi connectivity index (χ4n) is 1.57. The summed E-state index contributed by atoms with van der Waals surface area (Å²) in [5.41, 5.74) is 0. The predicted molar refractivity (Wildman–Crippen MR) is 59.6 cm³/mol. The molecule has 1 aliphatic rings. The van der Waals surface area contributed by atoms with Gasteiger partial charge in [-0.05, 0) is 12.1 Å². The smallest absolute Gasteiger partial charge is 0.265 e. The first-order valence-electron chi connectivity index (χ1n) is 5.65. The Morgan fingerprint density at radius 2 is 2.44 bits per heavy atom. The highest BCUT2D eigenvalue weighted by atomic mass is 16.5. The molecule has 0 aliphatic carbocycles. The molecule has 1 unspecified atom stereocenters. The molecule has 0 radical (unpaired) electrons. The van der Waals surface area contributed by atoms with E-state index in [1.807, 2.05) is 18.9 Å². The second-order valence-electron chi connectivity index (χ2n) is 3.90. The highest BCUT2D eigenvalue weighted by molar-refractivity contribution is 5.25. The summed E-state index contributed by atoms with van der Waals surface area (Å²) in [6.45, 7) is 5.43. The molecule has 2 heterocycles. The third-order valence-electron chi connectivity index (χ3n) is 2.68. The van der Waals surface area contributed by atoms with Crippen molar-refractivity contribution in [1.82, 2.24) is 15.5 Å². The van der Waals surface area contributed by atoms with E-state index in [2.05, 4.69) is 15.5 Å². The summed E-state index contributed by atoms with van der Waals surface area (Å²) in [4.78, 5) is 6.25. The second kappa shape index (κ2) is 5.27. The van der Waals surface area contributed by atoms with Crippen molar-refractivity contribution < 1.29 is 9.26 Å². The van der Waals surface area contributed by atoms with E-state index in [0.717, 1.165) is 26.2 Å². The minimum atomic E-state index is 0.147. The topological polar surface area (TPSA) is 63.4 Å². The summed E-state index contributed by atoms with van der Waals surface area (Å²) >= 11 is 0. The Morgan fingerprint density at radius 3 is 3.12 bits per heavy atom. The van der Waals surface area contributed by atoms with Crippen LogP contribution in [-0.4, -0.2) is 49.5 Å². The van der Waals surface area contributed by atoms with Crippen LogP contribution in [-0.2, 0) is 11.2 Å². The molecule has 1 saturated heterocycles. The van der Waals surface area contributed by atoms with Gasteiger partial charge in [-0.2, -0.15) is 4.98 Å². The number of morpholine rings is 1. The first kappa shape index (κ1) is 11.3. The Labute approximate surface area is 95.0 Å². The van der Waals surface area contributed by atoms with Crippen molar-refractivity contribution in [3.05, 3.63) is 5.89 Å². The van der Waals surface area contributed by atoms with E-state index in [4.69, 9.17) is 9.26 Å². The Balaban J connectivity index is 1.91. The van der Waals surface area contributed by atoms with Gasteiger partial charge < -0.3 is 19.5 Å². The van der Waals surface area contributed by atoms with Crippen LogP contribution in [0.1, 0.15) is 12.8 Å². The molecule has 2 rings (SSSR count). The van der Waals surface area contributed by atoms with Gasteiger partial charge in [0, 0.05) is 26.7 Å². The molecule has 1 aromatic heterocycles.